The van der Waals surface area contributed by atoms with Crippen molar-refractivity contribution in [3.05, 3.63) is 57.6 Å². The van der Waals surface area contributed by atoms with Crippen LogP contribution in [0.4, 0.5) is 4.39 Å². The van der Waals surface area contributed by atoms with Crippen LogP contribution in [0, 0.1) is 12.7 Å². The van der Waals surface area contributed by atoms with E-state index in [2.05, 4.69) is 20.9 Å². The number of nitrogens with zero attached hydrogens (tertiary/aromatic N) is 1. The minimum Gasteiger partial charge on any atom is -0.487 e. The lowest BCUT2D eigenvalue weighted by Gasteiger charge is -2.11. The fourth-order valence-corrected chi connectivity index (χ4v) is 2.28. The number of alkyl halides is 1. The predicted molar refractivity (Wildman–Crippen MR) is 77.0 cm³/mol. The first-order valence-electron chi connectivity index (χ1n) is 5.69. The number of aromatic nitrogens is 1. The molecule has 0 spiro atoms. The Labute approximate surface area is 124 Å². The van der Waals surface area contributed by atoms with E-state index in [-0.39, 0.29) is 5.82 Å². The third-order valence-corrected chi connectivity index (χ3v) is 3.59. The lowest BCUT2D eigenvalue weighted by Crippen LogP contribution is -2.01. The summed E-state index contributed by atoms with van der Waals surface area (Å²) >= 11 is 9.14. The molecule has 0 saturated carbocycles. The fourth-order valence-electron chi connectivity index (χ4n) is 1.62. The highest BCUT2D eigenvalue weighted by Gasteiger charge is 2.07. The Morgan fingerprint density at radius 1 is 1.32 bits per heavy atom. The van der Waals surface area contributed by atoms with Gasteiger partial charge in [-0.15, -0.1) is 11.6 Å². The normalized spacial score (nSPS) is 10.5. The van der Waals surface area contributed by atoms with Gasteiger partial charge < -0.3 is 4.74 Å². The molecule has 0 radical (unpaired) electrons. The van der Waals surface area contributed by atoms with Gasteiger partial charge >= 0.3 is 0 Å². The number of pyridine rings is 1. The largest absolute Gasteiger partial charge is 0.487 e. The molecule has 5 heteroatoms. The molecular formula is C14H12BrClFNO. The van der Waals surface area contributed by atoms with Gasteiger partial charge in [-0.2, -0.15) is 0 Å². The summed E-state index contributed by atoms with van der Waals surface area (Å²) in [5, 5.41) is 0. The van der Waals surface area contributed by atoms with Gasteiger partial charge in [0.2, 0.25) is 0 Å². The zero-order valence-corrected chi connectivity index (χ0v) is 12.6. The summed E-state index contributed by atoms with van der Waals surface area (Å²) in [6.45, 7) is 2.23. The molecule has 0 unspecified atom stereocenters. The van der Waals surface area contributed by atoms with Gasteiger partial charge in [-0.25, -0.2) is 4.39 Å². The van der Waals surface area contributed by atoms with Gasteiger partial charge in [-0.1, -0.05) is 22.0 Å². The molecule has 1 aromatic carbocycles. The van der Waals surface area contributed by atoms with Crippen LogP contribution < -0.4 is 4.74 Å². The molecule has 0 bridgehead atoms. The maximum Gasteiger partial charge on any atom is 0.142 e. The van der Waals surface area contributed by atoms with E-state index >= 15 is 0 Å². The minimum atomic E-state index is -0.283. The number of benzene rings is 1. The van der Waals surface area contributed by atoms with Crippen molar-refractivity contribution >= 4 is 27.5 Å². The molecule has 1 aromatic heterocycles. The zero-order chi connectivity index (χ0) is 13.8. The molecule has 0 atom stereocenters. The standard InChI is InChI=1S/C14H12BrClFNO/c1-9-2-5-14(13(7-16)18-9)19-8-10-3-4-11(17)6-12(10)15/h2-6H,7-8H2,1H3. The molecule has 19 heavy (non-hydrogen) atoms. The van der Waals surface area contributed by atoms with E-state index < -0.39 is 0 Å². The Balaban J connectivity index is 2.14. The molecule has 2 rings (SSSR count). The van der Waals surface area contributed by atoms with E-state index in [9.17, 15) is 4.39 Å². The van der Waals surface area contributed by atoms with Gasteiger partial charge in [0.05, 0.1) is 11.6 Å². The Hall–Kier alpha value is -1.13. The van der Waals surface area contributed by atoms with Crippen LogP contribution in [0.25, 0.3) is 0 Å². The third-order valence-electron chi connectivity index (χ3n) is 2.60. The monoisotopic (exact) mass is 343 g/mol. The van der Waals surface area contributed by atoms with Gasteiger partial charge in [0.25, 0.3) is 0 Å². The molecule has 2 nitrogen and oxygen atoms in total. The topological polar surface area (TPSA) is 22.1 Å². The van der Waals surface area contributed by atoms with Crippen molar-refractivity contribution in [2.75, 3.05) is 0 Å². The van der Waals surface area contributed by atoms with Crippen molar-refractivity contribution in [3.63, 3.8) is 0 Å². The number of hydrogen-bond donors (Lipinski definition) is 0. The summed E-state index contributed by atoms with van der Waals surface area (Å²) in [6, 6.07) is 8.21. The smallest absolute Gasteiger partial charge is 0.142 e. The Morgan fingerprint density at radius 2 is 2.11 bits per heavy atom. The molecule has 0 amide bonds. The predicted octanol–water partition coefficient (Wildman–Crippen LogP) is 4.61. The van der Waals surface area contributed by atoms with Gasteiger partial charge in [0.1, 0.15) is 18.2 Å². The average Bonchev–Trinajstić information content (AvgIpc) is 2.39. The van der Waals surface area contributed by atoms with Crippen LogP contribution in [0.1, 0.15) is 17.0 Å². The maximum atomic E-state index is 13.0. The van der Waals surface area contributed by atoms with Crippen molar-refractivity contribution in [3.8, 4) is 5.75 Å². The average molecular weight is 345 g/mol. The van der Waals surface area contributed by atoms with Crippen molar-refractivity contribution in [1.82, 2.24) is 4.98 Å². The quantitative estimate of drug-likeness (QED) is 0.756. The van der Waals surface area contributed by atoms with Crippen LogP contribution in [-0.2, 0) is 12.5 Å². The molecule has 0 aliphatic rings. The van der Waals surface area contributed by atoms with E-state index in [0.717, 1.165) is 11.3 Å². The summed E-state index contributed by atoms with van der Waals surface area (Å²) in [4.78, 5) is 4.31. The summed E-state index contributed by atoms with van der Waals surface area (Å²) in [5.74, 6) is 0.660. The summed E-state index contributed by atoms with van der Waals surface area (Å²) in [5.41, 5.74) is 2.47. The first-order valence-corrected chi connectivity index (χ1v) is 7.02. The molecule has 0 saturated heterocycles. The van der Waals surface area contributed by atoms with Gasteiger partial charge in [0, 0.05) is 15.7 Å². The first-order chi connectivity index (χ1) is 9.10. The van der Waals surface area contributed by atoms with Crippen LogP contribution >= 0.6 is 27.5 Å². The summed E-state index contributed by atoms with van der Waals surface area (Å²) in [6.07, 6.45) is 0. The second-order valence-corrected chi connectivity index (χ2v) is 5.18. The molecule has 1 heterocycles. The second kappa shape index (κ2) is 6.35. The van der Waals surface area contributed by atoms with Crippen LogP contribution in [0.3, 0.4) is 0 Å². The Kier molecular flexibility index (Phi) is 4.77. The number of aryl methyl sites for hydroxylation is 1. The molecule has 0 fully saturated rings. The zero-order valence-electron chi connectivity index (χ0n) is 10.3. The van der Waals surface area contributed by atoms with E-state index in [4.69, 9.17) is 16.3 Å². The van der Waals surface area contributed by atoms with Gasteiger partial charge in [-0.3, -0.25) is 4.98 Å². The third kappa shape index (κ3) is 3.67. The summed E-state index contributed by atoms with van der Waals surface area (Å²) in [7, 11) is 0. The summed E-state index contributed by atoms with van der Waals surface area (Å²) < 4.78 is 19.3. The molecule has 0 aliphatic carbocycles. The highest BCUT2D eigenvalue weighted by molar-refractivity contribution is 9.10. The highest BCUT2D eigenvalue weighted by Crippen LogP contribution is 2.23. The van der Waals surface area contributed by atoms with Crippen LogP contribution in [0.2, 0.25) is 0 Å². The van der Waals surface area contributed by atoms with Crippen LogP contribution in [0.5, 0.6) is 5.75 Å². The van der Waals surface area contributed by atoms with E-state index in [1.165, 1.54) is 12.1 Å². The Bertz CT molecular complexity index is 592. The number of halogens is 3. The van der Waals surface area contributed by atoms with Crippen molar-refractivity contribution in [2.24, 2.45) is 0 Å². The first kappa shape index (κ1) is 14.3. The molecule has 2 aromatic rings. The van der Waals surface area contributed by atoms with Crippen molar-refractivity contribution in [2.45, 2.75) is 19.4 Å². The number of rotatable bonds is 4. The van der Waals surface area contributed by atoms with Gasteiger partial charge in [0.15, 0.2) is 0 Å². The lowest BCUT2D eigenvalue weighted by molar-refractivity contribution is 0.301. The lowest BCUT2D eigenvalue weighted by atomic mass is 10.2. The highest BCUT2D eigenvalue weighted by atomic mass is 79.9. The number of hydrogen-bond acceptors (Lipinski definition) is 2. The van der Waals surface area contributed by atoms with Crippen LogP contribution in [0.15, 0.2) is 34.8 Å². The SMILES string of the molecule is Cc1ccc(OCc2ccc(F)cc2Br)c(CCl)n1. The van der Waals surface area contributed by atoms with E-state index in [0.29, 0.717) is 28.4 Å². The second-order valence-electron chi connectivity index (χ2n) is 4.06. The number of ether oxygens (including phenoxy) is 1. The maximum absolute atomic E-state index is 13.0. The molecule has 0 aliphatic heterocycles. The Morgan fingerprint density at radius 3 is 2.79 bits per heavy atom. The van der Waals surface area contributed by atoms with Crippen molar-refractivity contribution < 1.29 is 9.13 Å². The van der Waals surface area contributed by atoms with Crippen LogP contribution in [-0.4, -0.2) is 4.98 Å². The van der Waals surface area contributed by atoms with Crippen molar-refractivity contribution in [1.29, 1.82) is 0 Å². The van der Waals surface area contributed by atoms with Gasteiger partial charge in [-0.05, 0) is 31.2 Å². The molecule has 100 valence electrons. The van der Waals surface area contributed by atoms with E-state index in [1.54, 1.807) is 6.07 Å². The fraction of sp³-hybridized carbons (Fsp3) is 0.214. The van der Waals surface area contributed by atoms with E-state index in [1.807, 2.05) is 19.1 Å². The molecular weight excluding hydrogens is 333 g/mol. The minimum absolute atomic E-state index is 0.283. The molecule has 0 N–H and O–H groups in total.